The van der Waals surface area contributed by atoms with Crippen molar-refractivity contribution in [2.75, 3.05) is 6.54 Å². The molecule has 0 bridgehead atoms. The van der Waals surface area contributed by atoms with Gasteiger partial charge in [-0.15, -0.1) is 11.3 Å². The minimum Gasteiger partial charge on any atom is -0.463 e. The maximum atomic E-state index is 5.36. The maximum absolute atomic E-state index is 5.36. The standard InChI is InChI=1S/C15H15N3OS/c1-2-7-17-12(4-1)6-8-16-11-15-18-10-14(20-15)13-5-3-9-19-13/h1-5,7,9-10,16H,6,8,11H2. The van der Waals surface area contributed by atoms with Crippen molar-refractivity contribution in [1.82, 2.24) is 15.3 Å². The van der Waals surface area contributed by atoms with Crippen LogP contribution in [0, 0.1) is 0 Å². The number of hydrogen-bond donors (Lipinski definition) is 1. The molecule has 5 heteroatoms. The normalized spacial score (nSPS) is 10.8. The zero-order valence-corrected chi connectivity index (χ0v) is 11.8. The lowest BCUT2D eigenvalue weighted by atomic mass is 10.3. The Hall–Kier alpha value is -1.98. The van der Waals surface area contributed by atoms with Gasteiger partial charge in [-0.3, -0.25) is 4.98 Å². The molecule has 3 heterocycles. The number of pyridine rings is 1. The predicted octanol–water partition coefficient (Wildman–Crippen LogP) is 3.13. The van der Waals surface area contributed by atoms with E-state index < -0.39 is 0 Å². The van der Waals surface area contributed by atoms with Gasteiger partial charge in [-0.2, -0.15) is 0 Å². The third kappa shape index (κ3) is 3.31. The third-order valence-electron chi connectivity index (χ3n) is 2.88. The van der Waals surface area contributed by atoms with Crippen LogP contribution in [0.1, 0.15) is 10.7 Å². The van der Waals surface area contributed by atoms with Crippen LogP contribution >= 0.6 is 11.3 Å². The van der Waals surface area contributed by atoms with Gasteiger partial charge in [0, 0.05) is 37.6 Å². The van der Waals surface area contributed by atoms with Crippen LogP contribution in [0.25, 0.3) is 10.6 Å². The van der Waals surface area contributed by atoms with Gasteiger partial charge in [-0.25, -0.2) is 4.98 Å². The largest absolute Gasteiger partial charge is 0.463 e. The highest BCUT2D eigenvalue weighted by Crippen LogP contribution is 2.26. The molecule has 3 rings (SSSR count). The summed E-state index contributed by atoms with van der Waals surface area (Å²) in [6.07, 6.45) is 6.29. The van der Waals surface area contributed by atoms with Crippen molar-refractivity contribution in [3.8, 4) is 10.6 Å². The summed E-state index contributed by atoms with van der Waals surface area (Å²) in [5.41, 5.74) is 1.11. The summed E-state index contributed by atoms with van der Waals surface area (Å²) >= 11 is 1.65. The van der Waals surface area contributed by atoms with Crippen LogP contribution in [0.4, 0.5) is 0 Å². The average molecular weight is 285 g/mol. The summed E-state index contributed by atoms with van der Waals surface area (Å²) in [6.45, 7) is 1.67. The van der Waals surface area contributed by atoms with Crippen LogP contribution in [-0.2, 0) is 13.0 Å². The van der Waals surface area contributed by atoms with Gasteiger partial charge in [0.1, 0.15) is 10.8 Å². The Kier molecular flexibility index (Phi) is 4.20. The highest BCUT2D eigenvalue weighted by atomic mass is 32.1. The molecule has 1 N–H and O–H groups in total. The molecule has 3 aromatic heterocycles. The molecule has 0 aliphatic heterocycles. The second kappa shape index (κ2) is 6.45. The Balaban J connectivity index is 1.47. The molecule has 0 spiro atoms. The summed E-state index contributed by atoms with van der Waals surface area (Å²) in [6, 6.07) is 9.83. The van der Waals surface area contributed by atoms with E-state index in [0.717, 1.165) is 40.8 Å². The van der Waals surface area contributed by atoms with Crippen LogP contribution in [0.3, 0.4) is 0 Å². The molecule has 0 amide bonds. The summed E-state index contributed by atoms with van der Waals surface area (Å²) in [4.78, 5) is 9.76. The van der Waals surface area contributed by atoms with E-state index in [9.17, 15) is 0 Å². The smallest absolute Gasteiger partial charge is 0.145 e. The molecule has 0 aliphatic rings. The van der Waals surface area contributed by atoms with Crippen LogP contribution in [0.5, 0.6) is 0 Å². The monoisotopic (exact) mass is 285 g/mol. The van der Waals surface area contributed by atoms with E-state index in [1.165, 1.54) is 0 Å². The molecule has 0 fully saturated rings. The zero-order valence-electron chi connectivity index (χ0n) is 11.0. The third-order valence-corrected chi connectivity index (χ3v) is 3.89. The average Bonchev–Trinajstić information content (AvgIpc) is 3.15. The topological polar surface area (TPSA) is 51.0 Å². The van der Waals surface area contributed by atoms with Crippen molar-refractivity contribution in [3.63, 3.8) is 0 Å². The van der Waals surface area contributed by atoms with Crippen LogP contribution in [-0.4, -0.2) is 16.5 Å². The van der Waals surface area contributed by atoms with Gasteiger partial charge in [0.05, 0.1) is 11.1 Å². The first-order valence-corrected chi connectivity index (χ1v) is 7.33. The predicted molar refractivity (Wildman–Crippen MR) is 79.5 cm³/mol. The summed E-state index contributed by atoms with van der Waals surface area (Å²) in [5.74, 6) is 0.877. The molecule has 0 radical (unpaired) electrons. The Morgan fingerprint density at radius 2 is 2.15 bits per heavy atom. The van der Waals surface area contributed by atoms with Crippen molar-refractivity contribution >= 4 is 11.3 Å². The second-order valence-electron chi connectivity index (χ2n) is 4.34. The number of nitrogens with zero attached hydrogens (tertiary/aromatic N) is 2. The number of thiazole rings is 1. The van der Waals surface area contributed by atoms with E-state index in [4.69, 9.17) is 4.42 Å². The number of nitrogens with one attached hydrogen (secondary N) is 1. The number of aromatic nitrogens is 2. The fraction of sp³-hybridized carbons (Fsp3) is 0.200. The lowest BCUT2D eigenvalue weighted by Gasteiger charge is -2.01. The molecule has 4 nitrogen and oxygen atoms in total. The molecule has 3 aromatic rings. The Morgan fingerprint density at radius 1 is 1.15 bits per heavy atom. The van der Waals surface area contributed by atoms with Crippen LogP contribution in [0.15, 0.2) is 53.4 Å². The SMILES string of the molecule is c1ccc(CCNCc2ncc(-c3ccco3)s2)nc1. The molecule has 0 aliphatic carbocycles. The first-order valence-electron chi connectivity index (χ1n) is 6.51. The van der Waals surface area contributed by atoms with Crippen molar-refractivity contribution in [1.29, 1.82) is 0 Å². The first kappa shape index (κ1) is 13.0. The summed E-state index contributed by atoms with van der Waals surface area (Å²) < 4.78 is 5.36. The van der Waals surface area contributed by atoms with Gasteiger partial charge in [0.25, 0.3) is 0 Å². The molecule has 102 valence electrons. The quantitative estimate of drug-likeness (QED) is 0.707. The van der Waals surface area contributed by atoms with Crippen molar-refractivity contribution in [3.05, 3.63) is 59.7 Å². The van der Waals surface area contributed by atoms with Crippen LogP contribution in [0.2, 0.25) is 0 Å². The highest BCUT2D eigenvalue weighted by molar-refractivity contribution is 7.15. The number of furan rings is 1. The molecule has 0 atom stereocenters. The number of rotatable bonds is 6. The molecule has 0 unspecified atom stereocenters. The zero-order chi connectivity index (χ0) is 13.6. The van der Waals surface area contributed by atoms with E-state index in [-0.39, 0.29) is 0 Å². The van der Waals surface area contributed by atoms with Crippen molar-refractivity contribution < 1.29 is 4.42 Å². The van der Waals surface area contributed by atoms with E-state index in [1.54, 1.807) is 17.6 Å². The van der Waals surface area contributed by atoms with Gasteiger partial charge < -0.3 is 9.73 Å². The van der Waals surface area contributed by atoms with Crippen molar-refractivity contribution in [2.45, 2.75) is 13.0 Å². The molecule has 0 saturated heterocycles. The van der Waals surface area contributed by atoms with E-state index >= 15 is 0 Å². The van der Waals surface area contributed by atoms with Gasteiger partial charge in [0.15, 0.2) is 0 Å². The fourth-order valence-electron chi connectivity index (χ4n) is 1.88. The molecular formula is C15H15N3OS. The van der Waals surface area contributed by atoms with E-state index in [0.29, 0.717) is 0 Å². The minimum atomic E-state index is 0.776. The van der Waals surface area contributed by atoms with Gasteiger partial charge in [0.2, 0.25) is 0 Å². The van der Waals surface area contributed by atoms with Crippen LogP contribution < -0.4 is 5.32 Å². The lowest BCUT2D eigenvalue weighted by Crippen LogP contribution is -2.16. The van der Waals surface area contributed by atoms with Gasteiger partial charge in [-0.1, -0.05) is 6.07 Å². The lowest BCUT2D eigenvalue weighted by molar-refractivity contribution is 0.583. The maximum Gasteiger partial charge on any atom is 0.145 e. The molecular weight excluding hydrogens is 270 g/mol. The minimum absolute atomic E-state index is 0.776. The Bertz CT molecular complexity index is 634. The van der Waals surface area contributed by atoms with E-state index in [1.807, 2.05) is 42.7 Å². The molecule has 20 heavy (non-hydrogen) atoms. The number of hydrogen-bond acceptors (Lipinski definition) is 5. The van der Waals surface area contributed by atoms with Gasteiger partial charge >= 0.3 is 0 Å². The Morgan fingerprint density at radius 3 is 2.95 bits per heavy atom. The Labute approximate surface area is 121 Å². The van der Waals surface area contributed by atoms with Crippen molar-refractivity contribution in [2.24, 2.45) is 0 Å². The van der Waals surface area contributed by atoms with E-state index in [2.05, 4.69) is 15.3 Å². The second-order valence-corrected chi connectivity index (χ2v) is 5.46. The molecule has 0 aromatic carbocycles. The summed E-state index contributed by atoms with van der Waals surface area (Å²) in [7, 11) is 0. The summed E-state index contributed by atoms with van der Waals surface area (Å²) in [5, 5.41) is 4.45. The fourth-order valence-corrected chi connectivity index (χ4v) is 2.74. The highest BCUT2D eigenvalue weighted by Gasteiger charge is 2.06. The first-order chi connectivity index (χ1) is 9.92. The van der Waals surface area contributed by atoms with Gasteiger partial charge in [-0.05, 0) is 24.3 Å². The molecule has 0 saturated carbocycles.